The average molecular weight is 377 g/mol. The summed E-state index contributed by atoms with van der Waals surface area (Å²) in [7, 11) is 0. The number of H-pyrrole nitrogens is 1. The Kier molecular flexibility index (Phi) is 4.91. The number of benzene rings is 1. The normalized spacial score (nSPS) is 18.6. The van der Waals surface area contributed by atoms with E-state index in [2.05, 4.69) is 26.2 Å². The number of nitrogens with one attached hydrogen (secondary N) is 2. The first-order valence-electron chi connectivity index (χ1n) is 6.55. The molecule has 3 rings (SSSR count). The van der Waals surface area contributed by atoms with Gasteiger partial charge < -0.3 is 15.2 Å². The molecule has 0 aliphatic carbocycles. The second-order valence-electron chi connectivity index (χ2n) is 5.14. The smallest absolute Gasteiger partial charge is 0.270 e. The van der Waals surface area contributed by atoms with E-state index in [4.69, 9.17) is 0 Å². The summed E-state index contributed by atoms with van der Waals surface area (Å²) in [6.45, 7) is 4.17. The van der Waals surface area contributed by atoms with Gasteiger partial charge in [0.1, 0.15) is 11.5 Å². The van der Waals surface area contributed by atoms with E-state index in [1.54, 1.807) is 17.0 Å². The third-order valence-corrected chi connectivity index (χ3v) is 4.00. The number of halogens is 3. The topological polar surface area (TPSA) is 48.1 Å². The van der Waals surface area contributed by atoms with Crippen LogP contribution in [0.25, 0.3) is 10.9 Å². The molecule has 114 valence electrons. The molecule has 1 saturated heterocycles. The van der Waals surface area contributed by atoms with Crippen molar-refractivity contribution in [1.29, 1.82) is 0 Å². The second kappa shape index (κ2) is 6.34. The van der Waals surface area contributed by atoms with Crippen molar-refractivity contribution in [2.45, 2.75) is 13.0 Å². The lowest BCUT2D eigenvalue weighted by molar-refractivity contribution is 0.0704. The predicted molar refractivity (Wildman–Crippen MR) is 86.6 cm³/mol. The van der Waals surface area contributed by atoms with E-state index in [1.807, 2.05) is 6.92 Å². The number of hydrogen-bond acceptors (Lipinski definition) is 2. The van der Waals surface area contributed by atoms with Gasteiger partial charge in [-0.2, -0.15) is 0 Å². The maximum Gasteiger partial charge on any atom is 0.270 e. The van der Waals surface area contributed by atoms with Crippen LogP contribution in [0.5, 0.6) is 0 Å². The lowest BCUT2D eigenvalue weighted by Gasteiger charge is -2.31. The number of rotatable bonds is 1. The van der Waals surface area contributed by atoms with Crippen LogP contribution in [0.15, 0.2) is 22.7 Å². The molecular weight excluding hydrogens is 361 g/mol. The van der Waals surface area contributed by atoms with Gasteiger partial charge in [-0.25, -0.2) is 4.39 Å². The Hall–Kier alpha value is -1.11. The Balaban J connectivity index is 0.00000161. The van der Waals surface area contributed by atoms with Crippen LogP contribution in [0, 0.1) is 5.82 Å². The molecule has 1 aliphatic rings. The Morgan fingerprint density at radius 2 is 2.19 bits per heavy atom. The molecule has 2 N–H and O–H groups in total. The quantitative estimate of drug-likeness (QED) is 0.804. The number of aromatic nitrogens is 1. The molecule has 0 spiro atoms. The van der Waals surface area contributed by atoms with Gasteiger partial charge >= 0.3 is 0 Å². The number of nitrogens with zero attached hydrogens (tertiary/aromatic N) is 1. The van der Waals surface area contributed by atoms with E-state index in [0.717, 1.165) is 6.54 Å². The summed E-state index contributed by atoms with van der Waals surface area (Å²) in [5, 5.41) is 3.74. The van der Waals surface area contributed by atoms with Crippen molar-refractivity contribution in [1.82, 2.24) is 15.2 Å². The van der Waals surface area contributed by atoms with Crippen LogP contribution in [0.4, 0.5) is 4.39 Å². The minimum atomic E-state index is -0.335. The highest BCUT2D eigenvalue weighted by Crippen LogP contribution is 2.24. The SMILES string of the molecule is C[C@@H]1CN(C(=O)c2cc3c(F)cc(Br)cc3[nH]2)CCN1.Cl. The van der Waals surface area contributed by atoms with E-state index < -0.39 is 0 Å². The van der Waals surface area contributed by atoms with Crippen molar-refractivity contribution in [2.75, 3.05) is 19.6 Å². The molecule has 0 saturated carbocycles. The van der Waals surface area contributed by atoms with Crippen molar-refractivity contribution in [3.05, 3.63) is 34.2 Å². The molecule has 4 nitrogen and oxygen atoms in total. The molecule has 2 aromatic rings. The molecule has 1 aliphatic heterocycles. The van der Waals surface area contributed by atoms with Gasteiger partial charge in [0.2, 0.25) is 0 Å². The zero-order valence-corrected chi connectivity index (χ0v) is 13.9. The van der Waals surface area contributed by atoms with Crippen LogP contribution in [0.1, 0.15) is 17.4 Å². The van der Waals surface area contributed by atoms with E-state index in [1.165, 1.54) is 6.07 Å². The minimum absolute atomic E-state index is 0. The van der Waals surface area contributed by atoms with Gasteiger partial charge in [-0.05, 0) is 25.1 Å². The Labute approximate surface area is 136 Å². The van der Waals surface area contributed by atoms with E-state index >= 15 is 0 Å². The number of fused-ring (bicyclic) bond motifs is 1. The van der Waals surface area contributed by atoms with Gasteiger partial charge in [0.15, 0.2) is 0 Å². The van der Waals surface area contributed by atoms with E-state index in [0.29, 0.717) is 34.2 Å². The van der Waals surface area contributed by atoms with E-state index in [-0.39, 0.29) is 30.2 Å². The first-order valence-corrected chi connectivity index (χ1v) is 7.34. The van der Waals surface area contributed by atoms with Crippen molar-refractivity contribution in [3.63, 3.8) is 0 Å². The van der Waals surface area contributed by atoms with Crippen LogP contribution < -0.4 is 5.32 Å². The fraction of sp³-hybridized carbons (Fsp3) is 0.357. The Bertz CT molecular complexity index is 676. The molecule has 7 heteroatoms. The number of piperazine rings is 1. The molecule has 1 amide bonds. The number of carbonyl (C=O) groups is 1. The molecule has 1 fully saturated rings. The highest BCUT2D eigenvalue weighted by molar-refractivity contribution is 9.10. The van der Waals surface area contributed by atoms with Crippen molar-refractivity contribution in [3.8, 4) is 0 Å². The molecule has 2 heterocycles. The van der Waals surface area contributed by atoms with Gasteiger partial charge in [-0.3, -0.25) is 4.79 Å². The number of amides is 1. The molecule has 1 atom stereocenters. The largest absolute Gasteiger partial charge is 0.350 e. The molecule has 21 heavy (non-hydrogen) atoms. The second-order valence-corrected chi connectivity index (χ2v) is 6.05. The van der Waals surface area contributed by atoms with Crippen LogP contribution in [0.3, 0.4) is 0 Å². The monoisotopic (exact) mass is 375 g/mol. The molecule has 0 bridgehead atoms. The highest BCUT2D eigenvalue weighted by atomic mass is 79.9. The fourth-order valence-corrected chi connectivity index (χ4v) is 2.99. The zero-order chi connectivity index (χ0) is 14.3. The summed E-state index contributed by atoms with van der Waals surface area (Å²) < 4.78 is 14.5. The van der Waals surface area contributed by atoms with Gasteiger partial charge in [0.25, 0.3) is 5.91 Å². The van der Waals surface area contributed by atoms with Crippen molar-refractivity contribution < 1.29 is 9.18 Å². The summed E-state index contributed by atoms with van der Waals surface area (Å²) in [5.41, 5.74) is 1.06. The molecule has 1 aromatic carbocycles. The van der Waals surface area contributed by atoms with Crippen molar-refractivity contribution >= 4 is 45.1 Å². The van der Waals surface area contributed by atoms with Gasteiger partial charge in [-0.1, -0.05) is 15.9 Å². The van der Waals surface area contributed by atoms with Gasteiger partial charge in [-0.15, -0.1) is 12.4 Å². The Morgan fingerprint density at radius 3 is 2.90 bits per heavy atom. The maximum atomic E-state index is 13.8. The number of hydrogen-bond donors (Lipinski definition) is 2. The van der Waals surface area contributed by atoms with Crippen LogP contribution >= 0.6 is 28.3 Å². The minimum Gasteiger partial charge on any atom is -0.350 e. The standard InChI is InChI=1S/C14H15BrFN3O.ClH/c1-8-7-19(3-2-17-8)14(20)13-6-10-11(16)4-9(15)5-12(10)18-13;/h4-6,8,17-18H,2-3,7H2,1H3;1H/t8-;/m1./s1. The zero-order valence-electron chi connectivity index (χ0n) is 11.5. The third-order valence-electron chi connectivity index (χ3n) is 3.54. The summed E-state index contributed by atoms with van der Waals surface area (Å²) in [4.78, 5) is 17.2. The third kappa shape index (κ3) is 3.22. The van der Waals surface area contributed by atoms with Crippen LogP contribution in [-0.4, -0.2) is 41.5 Å². The molecule has 0 radical (unpaired) electrons. The molecule has 1 aromatic heterocycles. The summed E-state index contributed by atoms with van der Waals surface area (Å²) in [6.07, 6.45) is 0. The lowest BCUT2D eigenvalue weighted by atomic mass is 10.2. The molecule has 0 unspecified atom stereocenters. The fourth-order valence-electron chi connectivity index (χ4n) is 2.56. The highest BCUT2D eigenvalue weighted by Gasteiger charge is 2.23. The predicted octanol–water partition coefficient (Wildman–Crippen LogP) is 2.93. The van der Waals surface area contributed by atoms with Gasteiger partial charge in [0.05, 0.1) is 5.52 Å². The number of aromatic amines is 1. The van der Waals surface area contributed by atoms with Crippen LogP contribution in [0.2, 0.25) is 0 Å². The molecular formula is C14H16BrClFN3O. The van der Waals surface area contributed by atoms with Gasteiger partial charge in [0, 0.05) is 35.5 Å². The Morgan fingerprint density at radius 1 is 1.43 bits per heavy atom. The van der Waals surface area contributed by atoms with Crippen molar-refractivity contribution in [2.24, 2.45) is 0 Å². The summed E-state index contributed by atoms with van der Waals surface area (Å²) in [5.74, 6) is -0.413. The number of carbonyl (C=O) groups excluding carboxylic acids is 1. The van der Waals surface area contributed by atoms with Crippen LogP contribution in [-0.2, 0) is 0 Å². The maximum absolute atomic E-state index is 13.8. The summed E-state index contributed by atoms with van der Waals surface area (Å²) >= 11 is 3.25. The van der Waals surface area contributed by atoms with E-state index in [9.17, 15) is 9.18 Å². The lowest BCUT2D eigenvalue weighted by Crippen LogP contribution is -2.51. The first kappa shape index (κ1) is 16.3. The average Bonchev–Trinajstić information content (AvgIpc) is 2.82. The summed E-state index contributed by atoms with van der Waals surface area (Å²) in [6, 6.07) is 5.04. The first-order chi connectivity index (χ1) is 9.54.